The number of hydrogen-bond donors (Lipinski definition) is 0. The molecule has 2 aromatic heterocycles. The molecule has 2 nitrogen and oxygen atoms in total. The summed E-state index contributed by atoms with van der Waals surface area (Å²) in [4.78, 5) is 8.93. The van der Waals surface area contributed by atoms with Gasteiger partial charge in [-0.15, -0.1) is 0 Å². The number of rotatable bonds is 4. The fraction of sp³-hybridized carbons (Fsp3) is 0.231. The van der Waals surface area contributed by atoms with Crippen LogP contribution in [0, 0.1) is 0 Å². The Kier molecular flexibility index (Phi) is 4.05. The number of halogens is 1. The van der Waals surface area contributed by atoms with Crippen molar-refractivity contribution < 1.29 is 0 Å². The molecule has 0 aliphatic carbocycles. The van der Waals surface area contributed by atoms with Gasteiger partial charge >= 0.3 is 0 Å². The Morgan fingerprint density at radius 2 is 1.75 bits per heavy atom. The maximum absolute atomic E-state index is 4.32. The van der Waals surface area contributed by atoms with Gasteiger partial charge in [-0.2, -0.15) is 0 Å². The first-order valence-corrected chi connectivity index (χ1v) is 6.23. The number of nitrogens with zero attached hydrogens (tertiary/aromatic N) is 2. The Balaban J connectivity index is 1.92. The van der Waals surface area contributed by atoms with Crippen molar-refractivity contribution in [1.82, 2.24) is 9.97 Å². The SMILES string of the molecule is BrC(CCc1ccccn1)c1ccccn1. The van der Waals surface area contributed by atoms with Crippen molar-refractivity contribution in [2.45, 2.75) is 17.7 Å². The first-order chi connectivity index (χ1) is 7.86. The molecule has 82 valence electrons. The van der Waals surface area contributed by atoms with Crippen LogP contribution in [0.3, 0.4) is 0 Å². The molecule has 16 heavy (non-hydrogen) atoms. The van der Waals surface area contributed by atoms with Gasteiger partial charge in [-0.25, -0.2) is 0 Å². The molecule has 0 saturated carbocycles. The van der Waals surface area contributed by atoms with Crippen LogP contribution in [0.1, 0.15) is 22.6 Å². The average Bonchev–Trinajstić information content (AvgIpc) is 2.38. The molecule has 2 heterocycles. The summed E-state index contributed by atoms with van der Waals surface area (Å²) < 4.78 is 0. The highest BCUT2D eigenvalue weighted by molar-refractivity contribution is 9.09. The minimum absolute atomic E-state index is 0.302. The van der Waals surface area contributed by atoms with E-state index in [1.165, 1.54) is 0 Å². The van der Waals surface area contributed by atoms with Gasteiger partial charge in [-0.05, 0) is 37.1 Å². The van der Waals surface area contributed by atoms with E-state index in [-0.39, 0.29) is 0 Å². The van der Waals surface area contributed by atoms with Crippen LogP contribution in [0.2, 0.25) is 0 Å². The topological polar surface area (TPSA) is 25.8 Å². The molecule has 1 atom stereocenters. The van der Waals surface area contributed by atoms with Crippen molar-refractivity contribution in [3.05, 3.63) is 60.2 Å². The van der Waals surface area contributed by atoms with Gasteiger partial charge in [0, 0.05) is 18.1 Å². The molecule has 0 bridgehead atoms. The standard InChI is InChI=1S/C13H13BrN2/c14-12(13-6-2-4-10-16-13)8-7-11-5-1-3-9-15-11/h1-6,9-10,12H,7-8H2. The molecule has 2 rings (SSSR count). The monoisotopic (exact) mass is 276 g/mol. The van der Waals surface area contributed by atoms with Crippen LogP contribution in [0.15, 0.2) is 48.8 Å². The zero-order chi connectivity index (χ0) is 11.2. The lowest BCUT2D eigenvalue weighted by Crippen LogP contribution is -1.97. The zero-order valence-corrected chi connectivity index (χ0v) is 10.5. The first-order valence-electron chi connectivity index (χ1n) is 5.31. The second-order valence-electron chi connectivity index (χ2n) is 3.58. The Labute approximate surface area is 104 Å². The van der Waals surface area contributed by atoms with Crippen molar-refractivity contribution >= 4 is 15.9 Å². The highest BCUT2D eigenvalue weighted by Crippen LogP contribution is 2.25. The van der Waals surface area contributed by atoms with Gasteiger partial charge in [-0.3, -0.25) is 9.97 Å². The molecule has 0 aliphatic rings. The quantitative estimate of drug-likeness (QED) is 0.799. The van der Waals surface area contributed by atoms with Gasteiger partial charge in [0.1, 0.15) is 0 Å². The van der Waals surface area contributed by atoms with E-state index < -0.39 is 0 Å². The van der Waals surface area contributed by atoms with Gasteiger partial charge in [0.2, 0.25) is 0 Å². The van der Waals surface area contributed by atoms with Crippen molar-refractivity contribution in [2.75, 3.05) is 0 Å². The van der Waals surface area contributed by atoms with Gasteiger partial charge in [0.05, 0.1) is 10.5 Å². The van der Waals surface area contributed by atoms with Gasteiger partial charge in [-0.1, -0.05) is 28.1 Å². The Morgan fingerprint density at radius 3 is 2.38 bits per heavy atom. The lowest BCUT2D eigenvalue weighted by Gasteiger charge is -2.08. The van der Waals surface area contributed by atoms with E-state index in [1.807, 2.05) is 42.7 Å². The molecule has 1 unspecified atom stereocenters. The number of pyridine rings is 2. The van der Waals surface area contributed by atoms with Crippen LogP contribution >= 0.6 is 15.9 Å². The molecule has 2 aromatic rings. The number of hydrogen-bond acceptors (Lipinski definition) is 2. The predicted molar refractivity (Wildman–Crippen MR) is 68.5 cm³/mol. The molecule has 0 radical (unpaired) electrons. The largest absolute Gasteiger partial charge is 0.261 e. The van der Waals surface area contributed by atoms with Crippen LogP contribution in [-0.2, 0) is 6.42 Å². The molecule has 0 spiro atoms. The van der Waals surface area contributed by atoms with Crippen molar-refractivity contribution in [2.24, 2.45) is 0 Å². The maximum atomic E-state index is 4.32. The number of aryl methyl sites for hydroxylation is 1. The summed E-state index contributed by atoms with van der Waals surface area (Å²) in [6.07, 6.45) is 5.63. The minimum Gasteiger partial charge on any atom is -0.261 e. The molecule has 0 aliphatic heterocycles. The third kappa shape index (κ3) is 3.14. The van der Waals surface area contributed by atoms with E-state index in [1.54, 1.807) is 0 Å². The summed E-state index contributed by atoms with van der Waals surface area (Å²) in [5, 5.41) is 0. The van der Waals surface area contributed by atoms with Crippen molar-refractivity contribution in [3.8, 4) is 0 Å². The Hall–Kier alpha value is -1.22. The van der Waals surface area contributed by atoms with Gasteiger partial charge < -0.3 is 0 Å². The lowest BCUT2D eigenvalue weighted by atomic mass is 10.1. The summed E-state index contributed by atoms with van der Waals surface area (Å²) in [6, 6.07) is 12.0. The summed E-state index contributed by atoms with van der Waals surface area (Å²) in [5.41, 5.74) is 2.21. The Morgan fingerprint density at radius 1 is 1.00 bits per heavy atom. The third-order valence-electron chi connectivity index (χ3n) is 2.39. The van der Waals surface area contributed by atoms with Crippen molar-refractivity contribution in [1.29, 1.82) is 0 Å². The highest BCUT2D eigenvalue weighted by atomic mass is 79.9. The molecular formula is C13H13BrN2. The zero-order valence-electron chi connectivity index (χ0n) is 8.88. The molecular weight excluding hydrogens is 264 g/mol. The van der Waals surface area contributed by atoms with Crippen LogP contribution in [0.25, 0.3) is 0 Å². The smallest absolute Gasteiger partial charge is 0.0571 e. The number of aromatic nitrogens is 2. The normalized spacial score (nSPS) is 12.3. The van der Waals surface area contributed by atoms with E-state index >= 15 is 0 Å². The average molecular weight is 277 g/mol. The van der Waals surface area contributed by atoms with E-state index in [0.29, 0.717) is 4.83 Å². The fourth-order valence-electron chi connectivity index (χ4n) is 1.53. The van der Waals surface area contributed by atoms with E-state index in [4.69, 9.17) is 0 Å². The second kappa shape index (κ2) is 5.75. The molecule has 0 fully saturated rings. The third-order valence-corrected chi connectivity index (χ3v) is 3.32. The summed E-state index contributed by atoms with van der Waals surface area (Å²) in [5.74, 6) is 0. The summed E-state index contributed by atoms with van der Waals surface area (Å²) in [6.45, 7) is 0. The molecule has 0 aromatic carbocycles. The maximum Gasteiger partial charge on any atom is 0.0571 e. The van der Waals surface area contributed by atoms with Crippen LogP contribution in [-0.4, -0.2) is 9.97 Å². The second-order valence-corrected chi connectivity index (χ2v) is 4.69. The van der Waals surface area contributed by atoms with E-state index in [2.05, 4.69) is 32.0 Å². The molecule has 0 saturated heterocycles. The highest BCUT2D eigenvalue weighted by Gasteiger charge is 2.08. The van der Waals surface area contributed by atoms with Gasteiger partial charge in [0.25, 0.3) is 0 Å². The summed E-state index contributed by atoms with van der Waals surface area (Å²) >= 11 is 3.65. The minimum atomic E-state index is 0.302. The van der Waals surface area contributed by atoms with E-state index in [0.717, 1.165) is 24.2 Å². The van der Waals surface area contributed by atoms with Gasteiger partial charge in [0.15, 0.2) is 0 Å². The van der Waals surface area contributed by atoms with Crippen LogP contribution in [0.5, 0.6) is 0 Å². The fourth-order valence-corrected chi connectivity index (χ4v) is 2.03. The lowest BCUT2D eigenvalue weighted by molar-refractivity contribution is 0.775. The predicted octanol–water partition coefficient (Wildman–Crippen LogP) is 3.55. The Bertz CT molecular complexity index is 416. The van der Waals surface area contributed by atoms with Crippen molar-refractivity contribution in [3.63, 3.8) is 0 Å². The molecule has 0 amide bonds. The van der Waals surface area contributed by atoms with Crippen LogP contribution in [0.4, 0.5) is 0 Å². The van der Waals surface area contributed by atoms with Crippen LogP contribution < -0.4 is 0 Å². The van der Waals surface area contributed by atoms with E-state index in [9.17, 15) is 0 Å². The number of alkyl halides is 1. The molecule has 0 N–H and O–H groups in total. The summed E-state index contributed by atoms with van der Waals surface area (Å²) in [7, 11) is 0. The first kappa shape index (κ1) is 11.3. The molecule has 3 heteroatoms.